The molecule has 1 amide bonds. The molecule has 0 aliphatic rings. The Hall–Kier alpha value is -2.41. The molecule has 0 unspecified atom stereocenters. The summed E-state index contributed by atoms with van der Waals surface area (Å²) >= 11 is 0.951. The van der Waals surface area contributed by atoms with E-state index in [4.69, 9.17) is 0 Å². The summed E-state index contributed by atoms with van der Waals surface area (Å²) < 4.78 is 36.6. The maximum Gasteiger partial charge on any atom is 0.471 e. The maximum absolute atomic E-state index is 12.2. The number of nitrogens with one attached hydrogen (secondary N) is 1. The molecular formula is C15H9F3N2OS. The van der Waals surface area contributed by atoms with Crippen molar-refractivity contribution in [3.05, 3.63) is 47.8 Å². The summed E-state index contributed by atoms with van der Waals surface area (Å²) in [6.45, 7) is 0. The standard InChI is InChI=1S/C15H9F3N2OS/c16-15(17,18)13(21)20-14-19-12(8-22-14)11-6-5-9-3-1-2-4-10(9)7-11/h1-8H,(H,19,20,21). The van der Waals surface area contributed by atoms with Gasteiger partial charge in [0.15, 0.2) is 5.13 Å². The number of benzene rings is 2. The van der Waals surface area contributed by atoms with Crippen LogP contribution in [0.3, 0.4) is 0 Å². The van der Waals surface area contributed by atoms with Crippen LogP contribution in [-0.4, -0.2) is 17.1 Å². The first-order valence-electron chi connectivity index (χ1n) is 6.26. The van der Waals surface area contributed by atoms with Crippen molar-refractivity contribution < 1.29 is 18.0 Å². The van der Waals surface area contributed by atoms with E-state index in [9.17, 15) is 18.0 Å². The monoisotopic (exact) mass is 322 g/mol. The Morgan fingerprint density at radius 3 is 2.55 bits per heavy atom. The Bertz CT molecular complexity index is 842. The van der Waals surface area contributed by atoms with Crippen LogP contribution in [-0.2, 0) is 4.79 Å². The second-order valence-corrected chi connectivity index (χ2v) is 5.41. The second kappa shape index (κ2) is 5.42. The number of hydrogen-bond donors (Lipinski definition) is 1. The van der Waals surface area contributed by atoms with E-state index in [1.807, 2.05) is 42.5 Å². The lowest BCUT2D eigenvalue weighted by Gasteiger charge is -2.04. The predicted octanol–water partition coefficient (Wildman–Crippen LogP) is 4.46. The van der Waals surface area contributed by atoms with Crippen LogP contribution in [0.4, 0.5) is 18.3 Å². The molecule has 0 bridgehead atoms. The van der Waals surface area contributed by atoms with Gasteiger partial charge in [0, 0.05) is 10.9 Å². The lowest BCUT2D eigenvalue weighted by molar-refractivity contribution is -0.167. The number of rotatable bonds is 2. The minimum atomic E-state index is -4.92. The third-order valence-corrected chi connectivity index (χ3v) is 3.79. The van der Waals surface area contributed by atoms with Gasteiger partial charge in [0.05, 0.1) is 5.69 Å². The minimum Gasteiger partial charge on any atom is -0.294 e. The molecule has 0 saturated carbocycles. The van der Waals surface area contributed by atoms with Crippen LogP contribution >= 0.6 is 11.3 Å². The minimum absolute atomic E-state index is 0.0783. The van der Waals surface area contributed by atoms with Gasteiger partial charge in [-0.15, -0.1) is 11.3 Å². The van der Waals surface area contributed by atoms with E-state index >= 15 is 0 Å². The average Bonchev–Trinajstić information content (AvgIpc) is 2.94. The fourth-order valence-electron chi connectivity index (χ4n) is 1.98. The topological polar surface area (TPSA) is 42.0 Å². The molecule has 1 N–H and O–H groups in total. The summed E-state index contributed by atoms with van der Waals surface area (Å²) in [7, 11) is 0. The maximum atomic E-state index is 12.2. The van der Waals surface area contributed by atoms with Gasteiger partial charge in [0.1, 0.15) is 0 Å². The molecule has 0 atom stereocenters. The molecular weight excluding hydrogens is 313 g/mol. The highest BCUT2D eigenvalue weighted by Gasteiger charge is 2.39. The number of halogens is 3. The molecule has 3 nitrogen and oxygen atoms in total. The smallest absolute Gasteiger partial charge is 0.294 e. The van der Waals surface area contributed by atoms with E-state index in [2.05, 4.69) is 4.98 Å². The number of alkyl halides is 3. The number of carbonyl (C=O) groups excluding carboxylic acids is 1. The van der Waals surface area contributed by atoms with Crippen LogP contribution in [0.15, 0.2) is 47.8 Å². The molecule has 2 aromatic carbocycles. The molecule has 0 saturated heterocycles. The summed E-state index contributed by atoms with van der Waals surface area (Å²) in [4.78, 5) is 14.9. The lowest BCUT2D eigenvalue weighted by Crippen LogP contribution is -2.29. The molecule has 7 heteroatoms. The van der Waals surface area contributed by atoms with Crippen molar-refractivity contribution in [3.8, 4) is 11.3 Å². The van der Waals surface area contributed by atoms with Crippen molar-refractivity contribution in [2.75, 3.05) is 5.32 Å². The normalized spacial score (nSPS) is 11.6. The van der Waals surface area contributed by atoms with Gasteiger partial charge < -0.3 is 0 Å². The number of anilines is 1. The van der Waals surface area contributed by atoms with Gasteiger partial charge in [-0.1, -0.05) is 36.4 Å². The lowest BCUT2D eigenvalue weighted by atomic mass is 10.1. The van der Waals surface area contributed by atoms with Crippen molar-refractivity contribution in [3.63, 3.8) is 0 Å². The number of amides is 1. The number of thiazole rings is 1. The first-order valence-corrected chi connectivity index (χ1v) is 7.14. The Labute approximate surface area is 127 Å². The number of aromatic nitrogens is 1. The van der Waals surface area contributed by atoms with Gasteiger partial charge in [-0.05, 0) is 16.8 Å². The van der Waals surface area contributed by atoms with E-state index in [1.54, 1.807) is 10.7 Å². The first kappa shape index (κ1) is 14.5. The van der Waals surface area contributed by atoms with Gasteiger partial charge >= 0.3 is 12.1 Å². The third-order valence-electron chi connectivity index (χ3n) is 3.03. The average molecular weight is 322 g/mol. The number of fused-ring (bicyclic) bond motifs is 1. The summed E-state index contributed by atoms with van der Waals surface area (Å²) in [5.74, 6) is -2.02. The zero-order valence-electron chi connectivity index (χ0n) is 11.0. The van der Waals surface area contributed by atoms with Crippen LogP contribution in [0, 0.1) is 0 Å². The van der Waals surface area contributed by atoms with E-state index in [0.29, 0.717) is 5.69 Å². The molecule has 3 aromatic rings. The van der Waals surface area contributed by atoms with Gasteiger partial charge in [-0.2, -0.15) is 13.2 Å². The highest BCUT2D eigenvalue weighted by Crippen LogP contribution is 2.28. The van der Waals surface area contributed by atoms with Gasteiger partial charge in [-0.3, -0.25) is 10.1 Å². The highest BCUT2D eigenvalue weighted by atomic mass is 32.1. The molecule has 112 valence electrons. The Kier molecular flexibility index (Phi) is 3.58. The number of hydrogen-bond acceptors (Lipinski definition) is 3. The Balaban J connectivity index is 1.87. The van der Waals surface area contributed by atoms with Crippen LogP contribution in [0.2, 0.25) is 0 Å². The van der Waals surface area contributed by atoms with E-state index in [-0.39, 0.29) is 5.13 Å². The van der Waals surface area contributed by atoms with E-state index in [0.717, 1.165) is 27.7 Å². The van der Waals surface area contributed by atoms with Gasteiger partial charge in [-0.25, -0.2) is 4.98 Å². The highest BCUT2D eigenvalue weighted by molar-refractivity contribution is 7.14. The van der Waals surface area contributed by atoms with Crippen molar-refractivity contribution >= 4 is 33.1 Å². The molecule has 0 radical (unpaired) electrons. The van der Waals surface area contributed by atoms with Crippen LogP contribution in [0.5, 0.6) is 0 Å². The molecule has 0 fully saturated rings. The Morgan fingerprint density at radius 2 is 1.82 bits per heavy atom. The van der Waals surface area contributed by atoms with Crippen molar-refractivity contribution in [1.29, 1.82) is 0 Å². The summed E-state index contributed by atoms with van der Waals surface area (Å²) in [5.41, 5.74) is 1.30. The van der Waals surface area contributed by atoms with Crippen molar-refractivity contribution in [1.82, 2.24) is 4.98 Å². The SMILES string of the molecule is O=C(Nc1nc(-c2ccc3ccccc3c2)cs1)C(F)(F)F. The van der Waals surface area contributed by atoms with Crippen molar-refractivity contribution in [2.24, 2.45) is 0 Å². The summed E-state index contributed by atoms with van der Waals surface area (Å²) in [6.07, 6.45) is -4.92. The van der Waals surface area contributed by atoms with Crippen LogP contribution in [0.1, 0.15) is 0 Å². The van der Waals surface area contributed by atoms with E-state index in [1.165, 1.54) is 0 Å². The summed E-state index contributed by atoms with van der Waals surface area (Å²) in [6, 6.07) is 13.4. The predicted molar refractivity (Wildman–Crippen MR) is 79.7 cm³/mol. The van der Waals surface area contributed by atoms with Gasteiger partial charge in [0.2, 0.25) is 0 Å². The quantitative estimate of drug-likeness (QED) is 0.756. The molecule has 0 spiro atoms. The number of nitrogens with zero attached hydrogens (tertiary/aromatic N) is 1. The molecule has 3 rings (SSSR count). The first-order chi connectivity index (χ1) is 10.4. The molecule has 0 aliphatic carbocycles. The second-order valence-electron chi connectivity index (χ2n) is 4.55. The largest absolute Gasteiger partial charge is 0.471 e. The molecule has 1 aromatic heterocycles. The fraction of sp³-hybridized carbons (Fsp3) is 0.0667. The summed E-state index contributed by atoms with van der Waals surface area (Å²) in [5, 5.41) is 5.35. The fourth-order valence-corrected chi connectivity index (χ4v) is 2.70. The molecule has 22 heavy (non-hydrogen) atoms. The zero-order valence-corrected chi connectivity index (χ0v) is 11.8. The van der Waals surface area contributed by atoms with Crippen LogP contribution in [0.25, 0.3) is 22.0 Å². The molecule has 1 heterocycles. The van der Waals surface area contributed by atoms with Crippen molar-refractivity contribution in [2.45, 2.75) is 6.18 Å². The van der Waals surface area contributed by atoms with Gasteiger partial charge in [0.25, 0.3) is 0 Å². The number of carbonyl (C=O) groups is 1. The molecule has 0 aliphatic heterocycles. The zero-order chi connectivity index (χ0) is 15.7. The van der Waals surface area contributed by atoms with Crippen LogP contribution < -0.4 is 5.32 Å². The third kappa shape index (κ3) is 2.94. The Morgan fingerprint density at radius 1 is 1.09 bits per heavy atom. The van der Waals surface area contributed by atoms with E-state index < -0.39 is 12.1 Å².